The standard InChI is InChI=1S/C22H32N6O2S.HI/c1-17-13-18(5-6-20(17)31(4,29)30)15-25-22(23-2)26-16-19-7-8-24-21(14-19)28-11-9-27(3)10-12-28;/h5-8,13-14H,9-12,15-16H2,1-4H3,(H2,23,25,26);1H. The van der Waals surface area contributed by atoms with Gasteiger partial charge in [0.1, 0.15) is 5.82 Å². The molecule has 0 spiro atoms. The SMILES string of the molecule is CN=C(NCc1ccnc(N2CCN(C)CC2)c1)NCc1ccc(S(C)(=O)=O)c(C)c1.I. The zero-order valence-corrected chi connectivity index (χ0v) is 22.3. The molecule has 0 atom stereocenters. The Hall–Kier alpha value is -1.92. The van der Waals surface area contributed by atoms with Gasteiger partial charge in [0.2, 0.25) is 0 Å². The third-order valence-corrected chi connectivity index (χ3v) is 6.68. The number of pyridine rings is 1. The van der Waals surface area contributed by atoms with E-state index in [4.69, 9.17) is 0 Å². The van der Waals surface area contributed by atoms with E-state index in [2.05, 4.69) is 43.5 Å². The number of anilines is 1. The van der Waals surface area contributed by atoms with Crippen LogP contribution in [0.25, 0.3) is 0 Å². The molecule has 10 heteroatoms. The summed E-state index contributed by atoms with van der Waals surface area (Å²) in [6.45, 7) is 7.07. The van der Waals surface area contributed by atoms with Crippen LogP contribution in [0, 0.1) is 6.92 Å². The fraction of sp³-hybridized carbons (Fsp3) is 0.455. The number of halogens is 1. The number of aliphatic imine (C=N–C) groups is 1. The molecule has 0 saturated carbocycles. The minimum absolute atomic E-state index is 0. The van der Waals surface area contributed by atoms with Crippen molar-refractivity contribution in [2.45, 2.75) is 24.9 Å². The fourth-order valence-electron chi connectivity index (χ4n) is 3.61. The number of sulfone groups is 1. The van der Waals surface area contributed by atoms with E-state index in [9.17, 15) is 8.42 Å². The lowest BCUT2D eigenvalue weighted by molar-refractivity contribution is 0.312. The molecule has 2 aromatic rings. The first-order chi connectivity index (χ1) is 14.8. The van der Waals surface area contributed by atoms with Crippen LogP contribution in [0.15, 0.2) is 46.4 Å². The Morgan fingerprint density at radius 3 is 2.25 bits per heavy atom. The van der Waals surface area contributed by atoms with Crippen LogP contribution in [-0.4, -0.2) is 70.8 Å². The summed E-state index contributed by atoms with van der Waals surface area (Å²) in [6, 6.07) is 9.51. The van der Waals surface area contributed by atoms with Crippen LogP contribution in [0.3, 0.4) is 0 Å². The topological polar surface area (TPSA) is 89.9 Å². The van der Waals surface area contributed by atoms with Gasteiger partial charge in [-0.15, -0.1) is 24.0 Å². The molecule has 1 aromatic heterocycles. The lowest BCUT2D eigenvalue weighted by Crippen LogP contribution is -2.44. The maximum atomic E-state index is 11.8. The van der Waals surface area contributed by atoms with Gasteiger partial charge in [-0.2, -0.15) is 0 Å². The molecular weight excluding hydrogens is 539 g/mol. The Morgan fingerprint density at radius 2 is 1.69 bits per heavy atom. The van der Waals surface area contributed by atoms with Crippen LogP contribution in [0.5, 0.6) is 0 Å². The molecule has 1 aliphatic heterocycles. The quantitative estimate of drug-likeness (QED) is 0.311. The Bertz CT molecular complexity index is 1040. The molecule has 0 radical (unpaired) electrons. The second-order valence-electron chi connectivity index (χ2n) is 7.96. The number of guanidine groups is 1. The molecule has 1 aliphatic rings. The lowest BCUT2D eigenvalue weighted by Gasteiger charge is -2.33. The minimum Gasteiger partial charge on any atom is -0.354 e. The lowest BCUT2D eigenvalue weighted by atomic mass is 10.1. The van der Waals surface area contributed by atoms with Gasteiger partial charge in [-0.25, -0.2) is 13.4 Å². The average molecular weight is 573 g/mol. The maximum absolute atomic E-state index is 11.8. The van der Waals surface area contributed by atoms with E-state index in [1.54, 1.807) is 13.1 Å². The van der Waals surface area contributed by atoms with E-state index in [-0.39, 0.29) is 24.0 Å². The number of aromatic nitrogens is 1. The summed E-state index contributed by atoms with van der Waals surface area (Å²) < 4.78 is 23.6. The van der Waals surface area contributed by atoms with Crippen LogP contribution in [0.1, 0.15) is 16.7 Å². The molecule has 2 heterocycles. The van der Waals surface area contributed by atoms with Crippen molar-refractivity contribution in [3.05, 3.63) is 53.2 Å². The number of nitrogens with zero attached hydrogens (tertiary/aromatic N) is 4. The van der Waals surface area contributed by atoms with E-state index in [0.717, 1.165) is 48.7 Å². The number of piperazine rings is 1. The first kappa shape index (κ1) is 26.3. The predicted octanol–water partition coefficient (Wildman–Crippen LogP) is 2.03. The monoisotopic (exact) mass is 572 g/mol. The Kier molecular flexibility index (Phi) is 9.71. The van der Waals surface area contributed by atoms with Crippen LogP contribution < -0.4 is 15.5 Å². The van der Waals surface area contributed by atoms with E-state index in [1.807, 2.05) is 31.3 Å². The highest BCUT2D eigenvalue weighted by Gasteiger charge is 2.15. The van der Waals surface area contributed by atoms with E-state index in [0.29, 0.717) is 23.9 Å². The van der Waals surface area contributed by atoms with Gasteiger partial charge in [-0.05, 0) is 48.9 Å². The van der Waals surface area contributed by atoms with E-state index < -0.39 is 9.84 Å². The Labute approximate surface area is 208 Å². The maximum Gasteiger partial charge on any atom is 0.191 e. The second kappa shape index (κ2) is 11.8. The Balaban J connectivity index is 0.00000363. The minimum atomic E-state index is -3.21. The molecule has 0 amide bonds. The molecule has 176 valence electrons. The van der Waals surface area contributed by atoms with E-state index >= 15 is 0 Å². The van der Waals surface area contributed by atoms with Crippen LogP contribution >= 0.6 is 24.0 Å². The number of aryl methyl sites for hydroxylation is 1. The first-order valence-corrected chi connectivity index (χ1v) is 12.3. The van der Waals surface area contributed by atoms with Gasteiger partial charge < -0.3 is 20.4 Å². The number of benzene rings is 1. The molecule has 2 N–H and O–H groups in total. The highest BCUT2D eigenvalue weighted by molar-refractivity contribution is 14.0. The van der Waals surface area contributed by atoms with Crippen molar-refractivity contribution in [1.82, 2.24) is 20.5 Å². The molecule has 32 heavy (non-hydrogen) atoms. The number of hydrogen-bond donors (Lipinski definition) is 2. The van der Waals surface area contributed by atoms with Crippen LogP contribution in [0.4, 0.5) is 5.82 Å². The van der Waals surface area contributed by atoms with Gasteiger partial charge >= 0.3 is 0 Å². The normalized spacial score (nSPS) is 15.2. The van der Waals surface area contributed by atoms with Crippen molar-refractivity contribution in [2.75, 3.05) is 51.4 Å². The van der Waals surface area contributed by atoms with Crippen molar-refractivity contribution >= 4 is 45.6 Å². The highest BCUT2D eigenvalue weighted by Crippen LogP contribution is 2.17. The zero-order chi connectivity index (χ0) is 22.4. The molecule has 8 nitrogen and oxygen atoms in total. The molecule has 1 saturated heterocycles. The smallest absolute Gasteiger partial charge is 0.191 e. The average Bonchev–Trinajstić information content (AvgIpc) is 2.74. The number of hydrogen-bond acceptors (Lipinski definition) is 6. The number of nitrogens with one attached hydrogen (secondary N) is 2. The molecular formula is C22H33IN6O2S. The van der Waals surface area contributed by atoms with Gasteiger partial charge in [0.05, 0.1) is 4.90 Å². The molecule has 0 unspecified atom stereocenters. The predicted molar refractivity (Wildman–Crippen MR) is 141 cm³/mol. The summed E-state index contributed by atoms with van der Waals surface area (Å²) in [4.78, 5) is 13.8. The first-order valence-electron chi connectivity index (χ1n) is 10.4. The highest BCUT2D eigenvalue weighted by atomic mass is 127. The van der Waals surface area contributed by atoms with Crippen molar-refractivity contribution in [3.8, 4) is 0 Å². The fourth-order valence-corrected chi connectivity index (χ4v) is 4.57. The van der Waals surface area contributed by atoms with Crippen LogP contribution in [-0.2, 0) is 22.9 Å². The summed E-state index contributed by atoms with van der Waals surface area (Å²) in [6.07, 6.45) is 3.08. The zero-order valence-electron chi connectivity index (χ0n) is 19.1. The summed E-state index contributed by atoms with van der Waals surface area (Å²) >= 11 is 0. The molecule has 0 aliphatic carbocycles. The van der Waals surface area contributed by atoms with Gasteiger partial charge in [0, 0.05) is 58.8 Å². The van der Waals surface area contributed by atoms with Gasteiger partial charge in [0.25, 0.3) is 0 Å². The van der Waals surface area contributed by atoms with Crippen molar-refractivity contribution in [1.29, 1.82) is 0 Å². The summed E-state index contributed by atoms with van der Waals surface area (Å²) in [5.74, 6) is 1.69. The molecule has 1 aromatic carbocycles. The second-order valence-corrected chi connectivity index (χ2v) is 9.95. The summed E-state index contributed by atoms with van der Waals surface area (Å²) in [5.41, 5.74) is 2.88. The van der Waals surface area contributed by atoms with Crippen molar-refractivity contribution in [3.63, 3.8) is 0 Å². The Morgan fingerprint density at radius 1 is 1.06 bits per heavy atom. The molecule has 0 bridgehead atoms. The van der Waals surface area contributed by atoms with Crippen molar-refractivity contribution < 1.29 is 8.42 Å². The largest absolute Gasteiger partial charge is 0.354 e. The summed E-state index contributed by atoms with van der Waals surface area (Å²) in [7, 11) is 0.668. The van der Waals surface area contributed by atoms with Crippen LogP contribution in [0.2, 0.25) is 0 Å². The van der Waals surface area contributed by atoms with Gasteiger partial charge in [-0.1, -0.05) is 12.1 Å². The van der Waals surface area contributed by atoms with Gasteiger partial charge in [0.15, 0.2) is 15.8 Å². The van der Waals surface area contributed by atoms with E-state index in [1.165, 1.54) is 6.26 Å². The molecule has 3 rings (SSSR count). The number of likely N-dealkylation sites (N-methyl/N-ethyl adjacent to an activating group) is 1. The summed E-state index contributed by atoms with van der Waals surface area (Å²) in [5, 5.41) is 6.61. The number of rotatable bonds is 6. The van der Waals surface area contributed by atoms with Crippen molar-refractivity contribution in [2.24, 2.45) is 4.99 Å². The third kappa shape index (κ3) is 7.31. The molecule has 1 fully saturated rings. The third-order valence-electron chi connectivity index (χ3n) is 5.42. The van der Waals surface area contributed by atoms with Gasteiger partial charge in [-0.3, -0.25) is 4.99 Å².